The molecule has 0 radical (unpaired) electrons. The lowest BCUT2D eigenvalue weighted by Gasteiger charge is -2.09. The Morgan fingerprint density at radius 1 is 0.840 bits per heavy atom. The molecule has 0 aliphatic heterocycles. The van der Waals surface area contributed by atoms with E-state index >= 15 is 0 Å². The number of benzene rings is 3. The minimum atomic E-state index is 0.266. The molecule has 0 aliphatic carbocycles. The van der Waals surface area contributed by atoms with Gasteiger partial charge in [-0.25, -0.2) is 0 Å². The zero-order valence-corrected chi connectivity index (χ0v) is 14.7. The molecule has 0 bridgehead atoms. The van der Waals surface area contributed by atoms with Crippen LogP contribution in [-0.4, -0.2) is 15.1 Å². The number of aromatic hydroxyl groups is 1. The molecular formula is C20H14BrN3O. The van der Waals surface area contributed by atoms with Crippen LogP contribution in [0.15, 0.2) is 59.3 Å². The maximum atomic E-state index is 9.89. The Bertz CT molecular complexity index is 1280. The molecule has 0 spiro atoms. The summed E-state index contributed by atoms with van der Waals surface area (Å²) in [4.78, 5) is 6.69. The van der Waals surface area contributed by atoms with Crippen molar-refractivity contribution in [1.82, 2.24) is 9.97 Å². The van der Waals surface area contributed by atoms with Gasteiger partial charge in [0.05, 0.1) is 0 Å². The van der Waals surface area contributed by atoms with E-state index in [9.17, 15) is 5.11 Å². The molecule has 0 saturated carbocycles. The van der Waals surface area contributed by atoms with Crippen LogP contribution in [0.3, 0.4) is 0 Å². The van der Waals surface area contributed by atoms with E-state index in [0.29, 0.717) is 0 Å². The van der Waals surface area contributed by atoms with Crippen LogP contribution >= 0.6 is 15.9 Å². The molecule has 5 aromatic rings. The summed E-state index contributed by atoms with van der Waals surface area (Å²) < 4.78 is 0.961. The fraction of sp³-hybridized carbons (Fsp3) is 0. The summed E-state index contributed by atoms with van der Waals surface area (Å²) in [5, 5.41) is 14.3. The molecule has 5 rings (SSSR count). The standard InChI is InChI=1S/C20H14BrN3O/c21-17-5-10(22)1-3-12(17)13-7-19-20(16-9-23-8-15(13)16)14-6-11(25)2-4-18(14)24-19/h1-9,23-25H,22H2. The first-order chi connectivity index (χ1) is 12.1. The number of phenols is 1. The largest absolute Gasteiger partial charge is 0.508 e. The lowest BCUT2D eigenvalue weighted by atomic mass is 9.97. The monoisotopic (exact) mass is 391 g/mol. The van der Waals surface area contributed by atoms with Crippen molar-refractivity contribution in [3.05, 3.63) is 59.3 Å². The molecule has 0 unspecified atom stereocenters. The van der Waals surface area contributed by atoms with Crippen molar-refractivity contribution in [1.29, 1.82) is 0 Å². The van der Waals surface area contributed by atoms with Crippen LogP contribution in [0, 0.1) is 0 Å². The summed E-state index contributed by atoms with van der Waals surface area (Å²) in [5.41, 5.74) is 10.9. The maximum absolute atomic E-state index is 9.89. The number of hydrogen-bond acceptors (Lipinski definition) is 2. The number of aromatic amines is 2. The summed E-state index contributed by atoms with van der Waals surface area (Å²) in [6.45, 7) is 0. The normalized spacial score (nSPS) is 11.7. The summed E-state index contributed by atoms with van der Waals surface area (Å²) in [6, 6.07) is 13.4. The van der Waals surface area contributed by atoms with E-state index in [0.717, 1.165) is 53.9 Å². The Hall–Kier alpha value is -2.92. The first-order valence-electron chi connectivity index (χ1n) is 7.91. The highest BCUT2D eigenvalue weighted by Crippen LogP contribution is 2.41. The Kier molecular flexibility index (Phi) is 2.91. The second kappa shape index (κ2) is 5.04. The molecule has 3 aromatic carbocycles. The fourth-order valence-electron chi connectivity index (χ4n) is 3.59. The predicted octanol–water partition coefficient (Wildman–Crippen LogP) is 5.52. The van der Waals surface area contributed by atoms with Crippen molar-refractivity contribution >= 4 is 54.2 Å². The number of aromatic nitrogens is 2. The third-order valence-corrected chi connectivity index (χ3v) is 5.34. The van der Waals surface area contributed by atoms with Gasteiger partial charge in [0.25, 0.3) is 0 Å². The van der Waals surface area contributed by atoms with Gasteiger partial charge in [-0.2, -0.15) is 0 Å². The van der Waals surface area contributed by atoms with Gasteiger partial charge in [0, 0.05) is 55.1 Å². The molecular weight excluding hydrogens is 378 g/mol. The molecule has 2 heterocycles. The summed E-state index contributed by atoms with van der Waals surface area (Å²) in [7, 11) is 0. The molecule has 122 valence electrons. The number of H-pyrrole nitrogens is 2. The minimum Gasteiger partial charge on any atom is -0.508 e. The van der Waals surface area contributed by atoms with E-state index in [4.69, 9.17) is 5.73 Å². The van der Waals surface area contributed by atoms with Gasteiger partial charge < -0.3 is 20.8 Å². The topological polar surface area (TPSA) is 77.8 Å². The minimum absolute atomic E-state index is 0.266. The molecule has 25 heavy (non-hydrogen) atoms. The maximum Gasteiger partial charge on any atom is 0.116 e. The Labute approximate surface area is 151 Å². The lowest BCUT2D eigenvalue weighted by Crippen LogP contribution is -1.87. The Balaban J connectivity index is 1.94. The number of halogens is 1. The average molecular weight is 392 g/mol. The van der Waals surface area contributed by atoms with Gasteiger partial charge in [0.1, 0.15) is 5.75 Å². The van der Waals surface area contributed by atoms with Crippen LogP contribution < -0.4 is 5.73 Å². The van der Waals surface area contributed by atoms with Crippen LogP contribution in [0.4, 0.5) is 5.69 Å². The number of nitrogen functional groups attached to an aromatic ring is 1. The molecule has 0 aliphatic rings. The first-order valence-corrected chi connectivity index (χ1v) is 8.70. The van der Waals surface area contributed by atoms with Crippen LogP contribution in [0.2, 0.25) is 0 Å². The second-order valence-corrected chi connectivity index (χ2v) is 7.08. The fourth-order valence-corrected chi connectivity index (χ4v) is 4.20. The third-order valence-electron chi connectivity index (χ3n) is 4.69. The smallest absolute Gasteiger partial charge is 0.116 e. The quantitative estimate of drug-likeness (QED) is 0.284. The number of nitrogens with two attached hydrogens (primary N) is 1. The van der Waals surface area contributed by atoms with Gasteiger partial charge in [0.2, 0.25) is 0 Å². The summed E-state index contributed by atoms with van der Waals surface area (Å²) in [6.07, 6.45) is 4.01. The average Bonchev–Trinajstić information content (AvgIpc) is 3.17. The number of fused-ring (bicyclic) bond motifs is 5. The van der Waals surface area contributed by atoms with Crippen molar-refractivity contribution in [3.63, 3.8) is 0 Å². The van der Waals surface area contributed by atoms with Gasteiger partial charge >= 0.3 is 0 Å². The van der Waals surface area contributed by atoms with E-state index in [1.54, 1.807) is 12.1 Å². The van der Waals surface area contributed by atoms with Crippen LogP contribution in [-0.2, 0) is 0 Å². The first kappa shape index (κ1) is 14.4. The lowest BCUT2D eigenvalue weighted by molar-refractivity contribution is 0.476. The molecule has 0 fully saturated rings. The summed E-state index contributed by atoms with van der Waals surface area (Å²) >= 11 is 3.63. The van der Waals surface area contributed by atoms with E-state index in [2.05, 4.69) is 32.0 Å². The van der Waals surface area contributed by atoms with Crippen molar-refractivity contribution in [2.75, 3.05) is 5.73 Å². The molecule has 5 heteroatoms. The molecule has 5 N–H and O–H groups in total. The highest BCUT2D eigenvalue weighted by molar-refractivity contribution is 9.10. The van der Waals surface area contributed by atoms with E-state index in [1.165, 1.54) is 0 Å². The number of phenolic OH excluding ortho intramolecular Hbond substituents is 1. The SMILES string of the molecule is Nc1ccc(-c2cc3[nH]c4ccc(O)cc4c3c3c[nH]cc23)c(Br)c1. The second-order valence-electron chi connectivity index (χ2n) is 6.22. The van der Waals surface area contributed by atoms with Crippen molar-refractivity contribution in [3.8, 4) is 16.9 Å². The third kappa shape index (κ3) is 2.06. The van der Waals surface area contributed by atoms with Gasteiger partial charge in [-0.05, 0) is 47.5 Å². The zero-order valence-electron chi connectivity index (χ0n) is 13.1. The van der Waals surface area contributed by atoms with E-state index in [1.807, 2.05) is 36.7 Å². The molecule has 0 saturated heterocycles. The number of hydrogen-bond donors (Lipinski definition) is 4. The Morgan fingerprint density at radius 3 is 2.52 bits per heavy atom. The van der Waals surface area contributed by atoms with Gasteiger partial charge in [-0.1, -0.05) is 22.0 Å². The Morgan fingerprint density at radius 2 is 1.68 bits per heavy atom. The van der Waals surface area contributed by atoms with Crippen LogP contribution in [0.1, 0.15) is 0 Å². The number of nitrogens with one attached hydrogen (secondary N) is 2. The number of rotatable bonds is 1. The summed E-state index contributed by atoms with van der Waals surface area (Å²) in [5.74, 6) is 0.266. The number of anilines is 1. The molecule has 0 amide bonds. The van der Waals surface area contributed by atoms with Crippen molar-refractivity contribution in [2.24, 2.45) is 0 Å². The van der Waals surface area contributed by atoms with Crippen LogP contribution in [0.25, 0.3) is 43.7 Å². The highest BCUT2D eigenvalue weighted by atomic mass is 79.9. The molecule has 4 nitrogen and oxygen atoms in total. The van der Waals surface area contributed by atoms with Gasteiger partial charge in [0.15, 0.2) is 0 Å². The predicted molar refractivity (Wildman–Crippen MR) is 107 cm³/mol. The molecule has 0 atom stereocenters. The van der Waals surface area contributed by atoms with Gasteiger partial charge in [-0.15, -0.1) is 0 Å². The zero-order chi connectivity index (χ0) is 17.1. The molecule has 2 aromatic heterocycles. The van der Waals surface area contributed by atoms with Crippen molar-refractivity contribution < 1.29 is 5.11 Å². The van der Waals surface area contributed by atoms with Gasteiger partial charge in [-0.3, -0.25) is 0 Å². The highest BCUT2D eigenvalue weighted by Gasteiger charge is 2.15. The van der Waals surface area contributed by atoms with Crippen molar-refractivity contribution in [2.45, 2.75) is 0 Å². The van der Waals surface area contributed by atoms with E-state index < -0.39 is 0 Å². The van der Waals surface area contributed by atoms with E-state index in [-0.39, 0.29) is 5.75 Å². The van der Waals surface area contributed by atoms with Crippen LogP contribution in [0.5, 0.6) is 5.75 Å².